The fraction of sp³-hybridized carbons (Fsp3) is 0.375. The number of aromatic nitrogens is 3. The topological polar surface area (TPSA) is 80.1 Å². The number of urea groups is 1. The predicted octanol–water partition coefficient (Wildman–Crippen LogP) is 1.79. The Hall–Kier alpha value is -2.35. The van der Waals surface area contributed by atoms with Crippen LogP contribution in [0.15, 0.2) is 35.5 Å². The molecule has 0 spiro atoms. The van der Waals surface area contributed by atoms with Crippen LogP contribution >= 0.6 is 11.8 Å². The minimum absolute atomic E-state index is 0.0928. The van der Waals surface area contributed by atoms with Gasteiger partial charge in [0.2, 0.25) is 5.91 Å². The van der Waals surface area contributed by atoms with Crippen molar-refractivity contribution < 1.29 is 9.59 Å². The highest BCUT2D eigenvalue weighted by atomic mass is 32.2. The number of carbonyl (C=O) groups is 2. The van der Waals surface area contributed by atoms with Crippen molar-refractivity contribution >= 4 is 23.7 Å². The number of thioether (sulfide) groups is 1. The second kappa shape index (κ2) is 6.27. The lowest BCUT2D eigenvalue weighted by molar-refractivity contribution is -0.124. The van der Waals surface area contributed by atoms with Crippen molar-refractivity contribution in [1.82, 2.24) is 25.0 Å². The molecular formula is C16H17N5O2S. The molecule has 0 bridgehead atoms. The van der Waals surface area contributed by atoms with Crippen molar-refractivity contribution in [3.63, 3.8) is 0 Å². The Morgan fingerprint density at radius 2 is 1.96 bits per heavy atom. The summed E-state index contributed by atoms with van der Waals surface area (Å²) in [7, 11) is 0. The van der Waals surface area contributed by atoms with Crippen LogP contribution in [0.5, 0.6) is 0 Å². The molecule has 3 amide bonds. The molecule has 2 heterocycles. The fourth-order valence-electron chi connectivity index (χ4n) is 2.71. The summed E-state index contributed by atoms with van der Waals surface area (Å²) in [5.74, 6) is 1.90. The van der Waals surface area contributed by atoms with Crippen molar-refractivity contribution in [3.8, 4) is 5.69 Å². The van der Waals surface area contributed by atoms with E-state index < -0.39 is 0 Å². The molecule has 4 rings (SSSR count). The predicted molar refractivity (Wildman–Crippen MR) is 89.2 cm³/mol. The Labute approximate surface area is 143 Å². The Kier molecular flexibility index (Phi) is 3.97. The van der Waals surface area contributed by atoms with Gasteiger partial charge in [0.15, 0.2) is 5.16 Å². The van der Waals surface area contributed by atoms with Crippen molar-refractivity contribution in [2.24, 2.45) is 0 Å². The number of benzene rings is 1. The van der Waals surface area contributed by atoms with Gasteiger partial charge in [0.25, 0.3) is 0 Å². The summed E-state index contributed by atoms with van der Waals surface area (Å²) < 4.78 is 2.09. The molecule has 1 saturated heterocycles. The zero-order chi connectivity index (χ0) is 16.5. The lowest BCUT2D eigenvalue weighted by Crippen LogP contribution is -2.32. The number of nitrogens with zero attached hydrogens (tertiary/aromatic N) is 4. The summed E-state index contributed by atoms with van der Waals surface area (Å²) in [6.45, 7) is 0.464. The maximum absolute atomic E-state index is 11.6. The van der Waals surface area contributed by atoms with E-state index >= 15 is 0 Å². The zero-order valence-electron chi connectivity index (χ0n) is 13.0. The average molecular weight is 343 g/mol. The minimum Gasteiger partial charge on any atom is -0.329 e. The van der Waals surface area contributed by atoms with Gasteiger partial charge in [-0.25, -0.2) is 4.79 Å². The number of carbonyl (C=O) groups excluding carboxylic acids is 2. The van der Waals surface area contributed by atoms with Crippen LogP contribution in [0.25, 0.3) is 5.69 Å². The average Bonchev–Trinajstić information content (AvgIpc) is 3.29. The molecule has 1 aromatic heterocycles. The van der Waals surface area contributed by atoms with Crippen LogP contribution < -0.4 is 5.32 Å². The van der Waals surface area contributed by atoms with Gasteiger partial charge in [-0.2, -0.15) is 0 Å². The summed E-state index contributed by atoms with van der Waals surface area (Å²) >= 11 is 1.51. The fourth-order valence-corrected chi connectivity index (χ4v) is 3.59. The van der Waals surface area contributed by atoms with E-state index in [-0.39, 0.29) is 18.5 Å². The molecule has 1 N–H and O–H groups in total. The third kappa shape index (κ3) is 2.89. The van der Waals surface area contributed by atoms with Gasteiger partial charge < -0.3 is 5.32 Å². The molecule has 8 heteroatoms. The Morgan fingerprint density at radius 1 is 1.17 bits per heavy atom. The second-order valence-electron chi connectivity index (χ2n) is 5.84. The molecule has 1 aliphatic carbocycles. The van der Waals surface area contributed by atoms with Crippen molar-refractivity contribution in [2.45, 2.75) is 23.9 Å². The Morgan fingerprint density at radius 3 is 2.62 bits per heavy atom. The number of imide groups is 1. The van der Waals surface area contributed by atoms with Gasteiger partial charge in [-0.15, -0.1) is 10.2 Å². The van der Waals surface area contributed by atoms with E-state index in [1.54, 1.807) is 0 Å². The number of para-hydroxylation sites is 1. The quantitative estimate of drug-likeness (QED) is 0.639. The first-order valence-electron chi connectivity index (χ1n) is 7.96. The number of hydrogen-bond donors (Lipinski definition) is 1. The molecule has 0 atom stereocenters. The largest absolute Gasteiger partial charge is 0.329 e. The molecule has 2 aromatic rings. The molecule has 124 valence electrons. The summed E-state index contributed by atoms with van der Waals surface area (Å²) in [4.78, 5) is 24.4. The van der Waals surface area contributed by atoms with E-state index in [1.807, 2.05) is 30.3 Å². The SMILES string of the molecule is O=C1CNC(=O)N1CCSc1nnc(C2CC2)n1-c1ccccc1. The lowest BCUT2D eigenvalue weighted by atomic mass is 10.3. The molecular weight excluding hydrogens is 326 g/mol. The third-order valence-electron chi connectivity index (χ3n) is 4.10. The first kappa shape index (κ1) is 15.2. The van der Waals surface area contributed by atoms with Crippen LogP contribution in [-0.4, -0.2) is 50.4 Å². The number of amides is 3. The molecule has 1 aromatic carbocycles. The smallest absolute Gasteiger partial charge is 0.324 e. The molecule has 1 saturated carbocycles. The van der Waals surface area contributed by atoms with Gasteiger partial charge >= 0.3 is 6.03 Å². The Balaban J connectivity index is 1.51. The van der Waals surface area contributed by atoms with Crippen LogP contribution in [0.3, 0.4) is 0 Å². The molecule has 0 unspecified atom stereocenters. The molecule has 0 radical (unpaired) electrons. The van der Waals surface area contributed by atoms with Crippen LogP contribution in [0.4, 0.5) is 4.79 Å². The van der Waals surface area contributed by atoms with E-state index in [1.165, 1.54) is 16.7 Å². The van der Waals surface area contributed by atoms with Crippen molar-refractivity contribution in [2.75, 3.05) is 18.8 Å². The molecule has 2 fully saturated rings. The van der Waals surface area contributed by atoms with Crippen molar-refractivity contribution in [3.05, 3.63) is 36.2 Å². The van der Waals surface area contributed by atoms with Gasteiger partial charge in [0.05, 0.1) is 6.54 Å². The van der Waals surface area contributed by atoms with Gasteiger partial charge in [0.1, 0.15) is 5.82 Å². The summed E-state index contributed by atoms with van der Waals surface area (Å²) in [6, 6.07) is 9.73. The maximum Gasteiger partial charge on any atom is 0.324 e. The Bertz CT molecular complexity index is 756. The van der Waals surface area contributed by atoms with E-state index in [4.69, 9.17) is 0 Å². The standard InChI is InChI=1S/C16H17N5O2S/c22-13-10-17-15(23)20(13)8-9-24-16-19-18-14(11-6-7-11)21(16)12-4-2-1-3-5-12/h1-5,11H,6-10H2,(H,17,23). The van der Waals surface area contributed by atoms with Crippen LogP contribution in [-0.2, 0) is 4.79 Å². The first-order chi connectivity index (χ1) is 11.7. The van der Waals surface area contributed by atoms with Gasteiger partial charge in [-0.1, -0.05) is 30.0 Å². The number of nitrogens with one attached hydrogen (secondary N) is 1. The number of rotatable bonds is 6. The summed E-state index contributed by atoms with van der Waals surface area (Å²) in [6.07, 6.45) is 2.30. The van der Waals surface area contributed by atoms with Gasteiger partial charge in [-0.3, -0.25) is 14.3 Å². The maximum atomic E-state index is 11.6. The molecule has 24 heavy (non-hydrogen) atoms. The second-order valence-corrected chi connectivity index (χ2v) is 6.90. The number of hydrogen-bond acceptors (Lipinski definition) is 5. The minimum atomic E-state index is -0.316. The molecule has 7 nitrogen and oxygen atoms in total. The summed E-state index contributed by atoms with van der Waals surface area (Å²) in [5, 5.41) is 12.0. The highest BCUT2D eigenvalue weighted by molar-refractivity contribution is 7.99. The van der Waals surface area contributed by atoms with E-state index in [2.05, 4.69) is 20.1 Å². The monoisotopic (exact) mass is 343 g/mol. The van der Waals surface area contributed by atoms with Gasteiger partial charge in [-0.05, 0) is 25.0 Å². The highest BCUT2D eigenvalue weighted by Gasteiger charge is 2.31. The molecule has 2 aliphatic rings. The molecule has 1 aliphatic heterocycles. The van der Waals surface area contributed by atoms with E-state index in [0.717, 1.165) is 29.5 Å². The normalized spacial score (nSPS) is 17.4. The van der Waals surface area contributed by atoms with E-state index in [0.29, 0.717) is 18.2 Å². The van der Waals surface area contributed by atoms with Crippen LogP contribution in [0, 0.1) is 0 Å². The zero-order valence-corrected chi connectivity index (χ0v) is 13.8. The highest BCUT2D eigenvalue weighted by Crippen LogP contribution is 2.41. The van der Waals surface area contributed by atoms with Gasteiger partial charge in [0, 0.05) is 23.9 Å². The summed E-state index contributed by atoms with van der Waals surface area (Å²) in [5.41, 5.74) is 1.04. The first-order valence-corrected chi connectivity index (χ1v) is 8.94. The van der Waals surface area contributed by atoms with Crippen molar-refractivity contribution in [1.29, 1.82) is 0 Å². The lowest BCUT2D eigenvalue weighted by Gasteiger charge is -2.12. The van der Waals surface area contributed by atoms with Crippen LogP contribution in [0.1, 0.15) is 24.6 Å². The van der Waals surface area contributed by atoms with Crippen LogP contribution in [0.2, 0.25) is 0 Å². The van der Waals surface area contributed by atoms with E-state index in [9.17, 15) is 9.59 Å². The third-order valence-corrected chi connectivity index (χ3v) is 5.01.